The van der Waals surface area contributed by atoms with E-state index in [0.29, 0.717) is 5.92 Å². The predicted octanol–water partition coefficient (Wildman–Crippen LogP) is 4.88. The first-order valence-corrected chi connectivity index (χ1v) is 10.8. The van der Waals surface area contributed by atoms with E-state index in [0.717, 1.165) is 50.6 Å². The van der Waals surface area contributed by atoms with Gasteiger partial charge in [-0.25, -0.2) is 0 Å². The Bertz CT molecular complexity index is 782. The number of hydrogen-bond donors (Lipinski definition) is 0. The third-order valence-corrected chi connectivity index (χ3v) is 5.91. The first-order valence-electron chi connectivity index (χ1n) is 10.8. The summed E-state index contributed by atoms with van der Waals surface area (Å²) in [4.78, 5) is 4.94. The maximum atomic E-state index is 6.54. The molecule has 1 aliphatic rings. The minimum Gasteiger partial charge on any atom is -0.497 e. The Labute approximate surface area is 176 Å². The second kappa shape index (κ2) is 10.1. The summed E-state index contributed by atoms with van der Waals surface area (Å²) in [6, 6.07) is 14.8. The summed E-state index contributed by atoms with van der Waals surface area (Å²) >= 11 is 0. The highest BCUT2D eigenvalue weighted by molar-refractivity contribution is 5.37. The fourth-order valence-corrected chi connectivity index (χ4v) is 4.04. The molecule has 0 unspecified atom stereocenters. The standard InChI is InChI=1S/C25H36N2O2/c1-19(2)24-10-9-23(17-20(24)3)29-25(21-7-6-8-22(18-21)28-5)11-12-27-15-13-26(4)14-16-27/h6-10,17-19,25H,11-16H2,1-5H3/t25-/m0/s1. The lowest BCUT2D eigenvalue weighted by atomic mass is 9.98. The van der Waals surface area contributed by atoms with E-state index in [1.165, 1.54) is 16.7 Å². The van der Waals surface area contributed by atoms with Gasteiger partial charge in [0.05, 0.1) is 7.11 Å². The minimum atomic E-state index is 0.00839. The lowest BCUT2D eigenvalue weighted by Crippen LogP contribution is -2.45. The van der Waals surface area contributed by atoms with Gasteiger partial charge in [0, 0.05) is 39.1 Å². The van der Waals surface area contributed by atoms with Crippen LogP contribution in [-0.2, 0) is 0 Å². The molecule has 29 heavy (non-hydrogen) atoms. The van der Waals surface area contributed by atoms with E-state index in [-0.39, 0.29) is 6.10 Å². The predicted molar refractivity (Wildman–Crippen MR) is 120 cm³/mol. The number of piperazine rings is 1. The molecule has 0 saturated carbocycles. The number of rotatable bonds is 8. The molecular weight excluding hydrogens is 360 g/mol. The quantitative estimate of drug-likeness (QED) is 0.635. The van der Waals surface area contributed by atoms with Crippen LogP contribution >= 0.6 is 0 Å². The molecule has 0 spiro atoms. The van der Waals surface area contributed by atoms with Crippen molar-refractivity contribution in [2.75, 3.05) is 46.9 Å². The van der Waals surface area contributed by atoms with Gasteiger partial charge in [0.1, 0.15) is 17.6 Å². The largest absolute Gasteiger partial charge is 0.497 e. The molecule has 0 aliphatic carbocycles. The van der Waals surface area contributed by atoms with Gasteiger partial charge in [0.2, 0.25) is 0 Å². The second-order valence-corrected chi connectivity index (χ2v) is 8.49. The molecule has 1 fully saturated rings. The van der Waals surface area contributed by atoms with Crippen molar-refractivity contribution in [3.63, 3.8) is 0 Å². The minimum absolute atomic E-state index is 0.00839. The van der Waals surface area contributed by atoms with Crippen LogP contribution in [0, 0.1) is 6.92 Å². The summed E-state index contributed by atoms with van der Waals surface area (Å²) in [6.07, 6.45) is 0.969. The maximum absolute atomic E-state index is 6.54. The molecule has 0 N–H and O–H groups in total. The molecule has 1 atom stereocenters. The van der Waals surface area contributed by atoms with Crippen LogP contribution in [0.25, 0.3) is 0 Å². The van der Waals surface area contributed by atoms with E-state index >= 15 is 0 Å². The average Bonchev–Trinajstić information content (AvgIpc) is 2.72. The van der Waals surface area contributed by atoms with Gasteiger partial charge in [-0.3, -0.25) is 0 Å². The first-order chi connectivity index (χ1) is 14.0. The van der Waals surface area contributed by atoms with Crippen LogP contribution in [0.1, 0.15) is 49.0 Å². The third-order valence-electron chi connectivity index (χ3n) is 5.91. The van der Waals surface area contributed by atoms with Crippen LogP contribution in [-0.4, -0.2) is 56.7 Å². The first kappa shape index (κ1) is 21.7. The van der Waals surface area contributed by atoms with Crippen molar-refractivity contribution >= 4 is 0 Å². The zero-order chi connectivity index (χ0) is 20.8. The van der Waals surface area contributed by atoms with E-state index in [9.17, 15) is 0 Å². The summed E-state index contributed by atoms with van der Waals surface area (Å²) in [5.74, 6) is 2.34. The second-order valence-electron chi connectivity index (χ2n) is 8.49. The third kappa shape index (κ3) is 5.97. The van der Waals surface area contributed by atoms with Crippen LogP contribution in [0.4, 0.5) is 0 Å². The van der Waals surface area contributed by atoms with Crippen LogP contribution in [0.15, 0.2) is 42.5 Å². The Balaban J connectivity index is 1.75. The Morgan fingerprint density at radius 3 is 2.38 bits per heavy atom. The number of methoxy groups -OCH3 is 1. The van der Waals surface area contributed by atoms with Crippen molar-refractivity contribution < 1.29 is 9.47 Å². The molecule has 0 bridgehead atoms. The lowest BCUT2D eigenvalue weighted by molar-refractivity contribution is 0.123. The van der Waals surface area contributed by atoms with Gasteiger partial charge >= 0.3 is 0 Å². The molecule has 1 aliphatic heterocycles. The fraction of sp³-hybridized carbons (Fsp3) is 0.520. The number of hydrogen-bond acceptors (Lipinski definition) is 4. The summed E-state index contributed by atoms with van der Waals surface area (Å²) in [5, 5.41) is 0. The molecule has 1 saturated heterocycles. The molecule has 4 nitrogen and oxygen atoms in total. The zero-order valence-corrected chi connectivity index (χ0v) is 18.6. The summed E-state index contributed by atoms with van der Waals surface area (Å²) in [6.45, 7) is 12.2. The Hall–Kier alpha value is -2.04. The maximum Gasteiger partial charge on any atom is 0.125 e. The molecule has 0 radical (unpaired) electrons. The molecular formula is C25H36N2O2. The zero-order valence-electron chi connectivity index (χ0n) is 18.6. The van der Waals surface area contributed by atoms with E-state index in [1.807, 2.05) is 12.1 Å². The van der Waals surface area contributed by atoms with Crippen molar-refractivity contribution in [3.05, 3.63) is 59.2 Å². The molecule has 0 aromatic heterocycles. The number of benzene rings is 2. The molecule has 2 aromatic carbocycles. The topological polar surface area (TPSA) is 24.9 Å². The molecule has 158 valence electrons. The van der Waals surface area contributed by atoms with Gasteiger partial charge in [0.15, 0.2) is 0 Å². The van der Waals surface area contributed by atoms with Gasteiger partial charge in [-0.1, -0.05) is 32.0 Å². The number of nitrogens with zero attached hydrogens (tertiary/aromatic N) is 2. The highest BCUT2D eigenvalue weighted by atomic mass is 16.5. The van der Waals surface area contributed by atoms with Crippen molar-refractivity contribution in [1.82, 2.24) is 9.80 Å². The van der Waals surface area contributed by atoms with E-state index in [2.05, 4.69) is 68.0 Å². The Kier molecular flexibility index (Phi) is 7.57. The number of aryl methyl sites for hydroxylation is 1. The highest BCUT2D eigenvalue weighted by Gasteiger charge is 2.19. The molecule has 2 aromatic rings. The van der Waals surface area contributed by atoms with Crippen LogP contribution < -0.4 is 9.47 Å². The van der Waals surface area contributed by atoms with Crippen LogP contribution in [0.3, 0.4) is 0 Å². The van der Waals surface area contributed by atoms with Gasteiger partial charge in [-0.2, -0.15) is 0 Å². The van der Waals surface area contributed by atoms with E-state index in [1.54, 1.807) is 7.11 Å². The van der Waals surface area contributed by atoms with Crippen LogP contribution in [0.5, 0.6) is 11.5 Å². The lowest BCUT2D eigenvalue weighted by Gasteiger charge is -2.33. The van der Waals surface area contributed by atoms with Gasteiger partial charge in [-0.15, -0.1) is 0 Å². The average molecular weight is 397 g/mol. The normalized spacial score (nSPS) is 16.8. The summed E-state index contributed by atoms with van der Waals surface area (Å²) < 4.78 is 12.0. The molecule has 4 heteroatoms. The van der Waals surface area contributed by atoms with Gasteiger partial charge in [0.25, 0.3) is 0 Å². The smallest absolute Gasteiger partial charge is 0.125 e. The van der Waals surface area contributed by atoms with Gasteiger partial charge < -0.3 is 19.3 Å². The van der Waals surface area contributed by atoms with E-state index in [4.69, 9.17) is 9.47 Å². The van der Waals surface area contributed by atoms with Crippen molar-refractivity contribution in [3.8, 4) is 11.5 Å². The summed E-state index contributed by atoms with van der Waals surface area (Å²) in [7, 11) is 3.91. The summed E-state index contributed by atoms with van der Waals surface area (Å²) in [5.41, 5.74) is 3.85. The van der Waals surface area contributed by atoms with E-state index < -0.39 is 0 Å². The van der Waals surface area contributed by atoms with Crippen molar-refractivity contribution in [2.24, 2.45) is 0 Å². The SMILES string of the molecule is COc1cccc([C@H](CCN2CCN(C)CC2)Oc2ccc(C(C)C)c(C)c2)c1. The van der Waals surface area contributed by atoms with Crippen molar-refractivity contribution in [1.29, 1.82) is 0 Å². The molecule has 1 heterocycles. The number of likely N-dealkylation sites (N-methyl/N-ethyl adjacent to an activating group) is 1. The van der Waals surface area contributed by atoms with Crippen LogP contribution in [0.2, 0.25) is 0 Å². The Morgan fingerprint density at radius 1 is 0.966 bits per heavy atom. The Morgan fingerprint density at radius 2 is 1.72 bits per heavy atom. The highest BCUT2D eigenvalue weighted by Crippen LogP contribution is 2.30. The fourth-order valence-electron chi connectivity index (χ4n) is 4.04. The van der Waals surface area contributed by atoms with Crippen molar-refractivity contribution in [2.45, 2.75) is 39.2 Å². The number of ether oxygens (including phenoxy) is 2. The monoisotopic (exact) mass is 396 g/mol. The van der Waals surface area contributed by atoms with Gasteiger partial charge in [-0.05, 0) is 60.8 Å². The molecule has 0 amide bonds. The molecule has 3 rings (SSSR count).